The van der Waals surface area contributed by atoms with Gasteiger partial charge in [0.15, 0.2) is 5.96 Å². The van der Waals surface area contributed by atoms with Crippen LogP contribution in [0.15, 0.2) is 59.9 Å². The third-order valence-corrected chi connectivity index (χ3v) is 4.90. The molecule has 1 aliphatic rings. The molecule has 1 unspecified atom stereocenters. The van der Waals surface area contributed by atoms with Crippen LogP contribution in [0.2, 0.25) is 0 Å². The number of carbonyl (C=O) groups excluding carboxylic acids is 1. The maximum atomic E-state index is 12.1. The summed E-state index contributed by atoms with van der Waals surface area (Å²) >= 11 is 0. The lowest BCUT2D eigenvalue weighted by molar-refractivity contribution is -0.114. The van der Waals surface area contributed by atoms with Crippen molar-refractivity contribution in [3.8, 4) is 0 Å². The zero-order valence-corrected chi connectivity index (χ0v) is 17.0. The molecule has 1 aromatic carbocycles. The topological polar surface area (TPSA) is 81.6 Å². The fourth-order valence-corrected chi connectivity index (χ4v) is 3.50. The molecular formula is C22H30N6O. The van der Waals surface area contributed by atoms with E-state index in [0.717, 1.165) is 26.2 Å². The molecular weight excluding hydrogens is 364 g/mol. The van der Waals surface area contributed by atoms with Gasteiger partial charge in [-0.1, -0.05) is 30.3 Å². The second-order valence-electron chi connectivity index (χ2n) is 7.12. The van der Waals surface area contributed by atoms with Crippen LogP contribution in [-0.4, -0.2) is 54.0 Å². The molecule has 3 rings (SSSR count). The summed E-state index contributed by atoms with van der Waals surface area (Å²) < 4.78 is 0. The first-order valence-corrected chi connectivity index (χ1v) is 10.2. The quantitative estimate of drug-likeness (QED) is 0.473. The molecule has 7 heteroatoms. The van der Waals surface area contributed by atoms with Crippen LogP contribution in [0.3, 0.4) is 0 Å². The van der Waals surface area contributed by atoms with Gasteiger partial charge in [0, 0.05) is 31.9 Å². The van der Waals surface area contributed by atoms with Gasteiger partial charge in [-0.3, -0.25) is 14.7 Å². The van der Waals surface area contributed by atoms with E-state index in [-0.39, 0.29) is 12.5 Å². The van der Waals surface area contributed by atoms with Crippen LogP contribution >= 0.6 is 0 Å². The highest BCUT2D eigenvalue weighted by atomic mass is 16.1. The summed E-state index contributed by atoms with van der Waals surface area (Å²) in [6.07, 6.45) is 5.67. The Morgan fingerprint density at radius 2 is 2.07 bits per heavy atom. The third-order valence-electron chi connectivity index (χ3n) is 4.90. The van der Waals surface area contributed by atoms with Crippen molar-refractivity contribution >= 4 is 17.6 Å². The number of aliphatic imine (C=N–C) groups is 1. The summed E-state index contributed by atoms with van der Waals surface area (Å²) in [5.74, 6) is 0.502. The van der Waals surface area contributed by atoms with Gasteiger partial charge in [0.05, 0.1) is 11.9 Å². The van der Waals surface area contributed by atoms with Crippen molar-refractivity contribution in [2.75, 3.05) is 31.5 Å². The molecule has 2 aromatic rings. The number of aromatic nitrogens is 1. The van der Waals surface area contributed by atoms with Crippen LogP contribution in [0, 0.1) is 0 Å². The molecule has 0 aliphatic carbocycles. The Labute approximate surface area is 172 Å². The fraction of sp³-hybridized carbons (Fsp3) is 0.409. The van der Waals surface area contributed by atoms with Crippen molar-refractivity contribution < 1.29 is 4.79 Å². The maximum absolute atomic E-state index is 12.1. The molecule has 1 aliphatic heterocycles. The number of nitrogens with one attached hydrogen (secondary N) is 3. The van der Waals surface area contributed by atoms with Crippen LogP contribution in [-0.2, 0) is 11.3 Å². The first-order valence-electron chi connectivity index (χ1n) is 10.2. The lowest BCUT2D eigenvalue weighted by Crippen LogP contribution is -2.45. The second-order valence-corrected chi connectivity index (χ2v) is 7.12. The summed E-state index contributed by atoms with van der Waals surface area (Å²) in [6.45, 7) is 5.71. The average Bonchev–Trinajstić information content (AvgIpc) is 3.18. The van der Waals surface area contributed by atoms with Crippen LogP contribution in [0.5, 0.6) is 0 Å². The zero-order valence-electron chi connectivity index (χ0n) is 17.0. The average molecular weight is 395 g/mol. The van der Waals surface area contributed by atoms with Crippen LogP contribution in [0.25, 0.3) is 0 Å². The van der Waals surface area contributed by atoms with E-state index in [1.807, 2.05) is 6.92 Å². The summed E-state index contributed by atoms with van der Waals surface area (Å²) in [6, 6.07) is 14.6. The standard InChI is InChI=1S/C22H30N6O/c1-2-24-22(26-16-21(29)27-19-10-6-12-23-14-19)25-15-20-11-7-13-28(20)17-18-8-4-3-5-9-18/h3-6,8-10,12,14,20H,2,7,11,13,15-17H2,1H3,(H,27,29)(H2,24,25,26). The Bertz CT molecular complexity index is 780. The molecule has 0 radical (unpaired) electrons. The molecule has 1 atom stereocenters. The summed E-state index contributed by atoms with van der Waals surface area (Å²) in [7, 11) is 0. The highest BCUT2D eigenvalue weighted by Gasteiger charge is 2.24. The van der Waals surface area contributed by atoms with Crippen molar-refractivity contribution in [1.82, 2.24) is 20.5 Å². The number of guanidine groups is 1. The van der Waals surface area contributed by atoms with Gasteiger partial charge in [-0.25, -0.2) is 4.99 Å². The fourth-order valence-electron chi connectivity index (χ4n) is 3.50. The van der Waals surface area contributed by atoms with E-state index in [9.17, 15) is 4.79 Å². The highest BCUT2D eigenvalue weighted by Crippen LogP contribution is 2.19. The van der Waals surface area contributed by atoms with Gasteiger partial charge in [-0.2, -0.15) is 0 Å². The van der Waals surface area contributed by atoms with Crippen LogP contribution in [0.4, 0.5) is 5.69 Å². The minimum absolute atomic E-state index is 0.0582. The van der Waals surface area contributed by atoms with Crippen molar-refractivity contribution in [2.45, 2.75) is 32.4 Å². The number of likely N-dealkylation sites (tertiary alicyclic amines) is 1. The molecule has 2 heterocycles. The predicted octanol–water partition coefficient (Wildman–Crippen LogP) is 2.24. The van der Waals surface area contributed by atoms with Crippen molar-refractivity contribution in [2.24, 2.45) is 4.99 Å². The first kappa shape index (κ1) is 20.8. The SMILES string of the molecule is CCNC(=NCC(=O)Nc1cccnc1)NCC1CCCN1Cc1ccccc1. The normalized spacial score (nSPS) is 17.1. The third kappa shape index (κ3) is 6.87. The zero-order chi connectivity index (χ0) is 20.3. The molecule has 7 nitrogen and oxygen atoms in total. The first-order chi connectivity index (χ1) is 14.2. The van der Waals surface area contributed by atoms with E-state index in [1.165, 1.54) is 18.4 Å². The number of amides is 1. The molecule has 154 valence electrons. The summed E-state index contributed by atoms with van der Waals surface area (Å²) in [5, 5.41) is 9.42. The Kier molecular flexibility index (Phi) is 8.01. The number of anilines is 1. The van der Waals surface area contributed by atoms with Gasteiger partial charge in [0.1, 0.15) is 6.54 Å². The molecule has 29 heavy (non-hydrogen) atoms. The number of benzene rings is 1. The van der Waals surface area contributed by atoms with Crippen molar-refractivity contribution in [3.05, 3.63) is 60.4 Å². The summed E-state index contributed by atoms with van der Waals surface area (Å²) in [5.41, 5.74) is 2.01. The highest BCUT2D eigenvalue weighted by molar-refractivity contribution is 5.93. The minimum atomic E-state index is -0.165. The molecule has 0 spiro atoms. The number of carbonyl (C=O) groups is 1. The van der Waals surface area contributed by atoms with Gasteiger partial charge in [0.25, 0.3) is 0 Å². The van der Waals surface area contributed by atoms with Gasteiger partial charge in [0.2, 0.25) is 5.91 Å². The number of pyridine rings is 1. The lowest BCUT2D eigenvalue weighted by atomic mass is 10.2. The van der Waals surface area contributed by atoms with Gasteiger partial charge >= 0.3 is 0 Å². The van der Waals surface area contributed by atoms with Gasteiger partial charge in [-0.15, -0.1) is 0 Å². The van der Waals surface area contributed by atoms with Crippen LogP contribution in [0.1, 0.15) is 25.3 Å². The minimum Gasteiger partial charge on any atom is -0.357 e. The van der Waals surface area contributed by atoms with Gasteiger partial charge < -0.3 is 16.0 Å². The van der Waals surface area contributed by atoms with E-state index in [4.69, 9.17) is 0 Å². The lowest BCUT2D eigenvalue weighted by Gasteiger charge is -2.25. The van der Waals surface area contributed by atoms with Crippen LogP contribution < -0.4 is 16.0 Å². The molecule has 1 aromatic heterocycles. The number of rotatable bonds is 8. The number of nitrogens with zero attached hydrogens (tertiary/aromatic N) is 3. The molecule has 1 fully saturated rings. The van der Waals surface area contributed by atoms with E-state index in [2.05, 4.69) is 61.2 Å². The molecule has 3 N–H and O–H groups in total. The van der Waals surface area contributed by atoms with E-state index in [0.29, 0.717) is 17.7 Å². The predicted molar refractivity (Wildman–Crippen MR) is 117 cm³/mol. The number of hydrogen-bond donors (Lipinski definition) is 3. The monoisotopic (exact) mass is 394 g/mol. The Morgan fingerprint density at radius 1 is 1.21 bits per heavy atom. The van der Waals surface area contributed by atoms with Gasteiger partial charge in [-0.05, 0) is 44.0 Å². The molecule has 1 amide bonds. The summed E-state index contributed by atoms with van der Waals surface area (Å²) in [4.78, 5) is 23.1. The Morgan fingerprint density at radius 3 is 2.83 bits per heavy atom. The maximum Gasteiger partial charge on any atom is 0.246 e. The molecule has 0 saturated carbocycles. The van der Waals surface area contributed by atoms with E-state index >= 15 is 0 Å². The Hall–Kier alpha value is -2.93. The van der Waals surface area contributed by atoms with Crippen molar-refractivity contribution in [1.29, 1.82) is 0 Å². The second kappa shape index (κ2) is 11.2. The number of hydrogen-bond acceptors (Lipinski definition) is 4. The van der Waals surface area contributed by atoms with E-state index < -0.39 is 0 Å². The molecule has 1 saturated heterocycles. The molecule has 0 bridgehead atoms. The largest absolute Gasteiger partial charge is 0.357 e. The smallest absolute Gasteiger partial charge is 0.246 e. The van der Waals surface area contributed by atoms with Crippen molar-refractivity contribution in [3.63, 3.8) is 0 Å². The Balaban J connectivity index is 1.50. The van der Waals surface area contributed by atoms with E-state index in [1.54, 1.807) is 24.5 Å².